The number of carbonyl (C=O) groups is 1. The Morgan fingerprint density at radius 1 is 1.23 bits per heavy atom. The second-order valence-electron chi connectivity index (χ2n) is 7.34. The standard InChI is InChI=1S/C22H20N6O6S/c1-32-16-5-3-4-6-19(16)35(30,31)27-22-20-17(33-2)9-13(10-18(20)34-26-22)11-28-12-14(21(24)29)15(25-28)7-8-23/h3-6,9-10,12H,7,11H2,1-2H3,(H2,24,29)(H,26,27). The Morgan fingerprint density at radius 2 is 1.97 bits per heavy atom. The number of nitriles is 1. The van der Waals surface area contributed by atoms with Crippen LogP contribution in [0.1, 0.15) is 21.6 Å². The Labute approximate surface area is 199 Å². The topological polar surface area (TPSA) is 175 Å². The molecule has 1 amide bonds. The van der Waals surface area contributed by atoms with Gasteiger partial charge in [-0.15, -0.1) is 0 Å². The van der Waals surface area contributed by atoms with Crippen LogP contribution in [0.15, 0.2) is 52.0 Å². The number of sulfonamides is 1. The third kappa shape index (κ3) is 4.59. The molecule has 0 saturated heterocycles. The zero-order chi connectivity index (χ0) is 25.2. The molecule has 35 heavy (non-hydrogen) atoms. The van der Waals surface area contributed by atoms with Crippen molar-refractivity contribution >= 4 is 32.7 Å². The maximum atomic E-state index is 13.0. The van der Waals surface area contributed by atoms with Gasteiger partial charge in [-0.1, -0.05) is 17.3 Å². The maximum Gasteiger partial charge on any atom is 0.266 e. The molecule has 0 saturated carbocycles. The van der Waals surface area contributed by atoms with E-state index in [1.54, 1.807) is 24.3 Å². The lowest BCUT2D eigenvalue weighted by atomic mass is 10.1. The predicted molar refractivity (Wildman–Crippen MR) is 124 cm³/mol. The molecule has 0 aliphatic carbocycles. The van der Waals surface area contributed by atoms with E-state index in [0.717, 1.165) is 0 Å². The summed E-state index contributed by atoms with van der Waals surface area (Å²) in [5.41, 5.74) is 6.73. The van der Waals surface area contributed by atoms with Gasteiger partial charge >= 0.3 is 0 Å². The van der Waals surface area contributed by atoms with Crippen molar-refractivity contribution in [3.8, 4) is 17.6 Å². The number of hydrogen-bond donors (Lipinski definition) is 2. The van der Waals surface area contributed by atoms with E-state index in [4.69, 9.17) is 25.0 Å². The number of nitrogens with one attached hydrogen (secondary N) is 1. The average Bonchev–Trinajstić information content (AvgIpc) is 3.42. The summed E-state index contributed by atoms with van der Waals surface area (Å²) in [6.07, 6.45) is 1.39. The smallest absolute Gasteiger partial charge is 0.266 e. The van der Waals surface area contributed by atoms with Gasteiger partial charge in [-0.2, -0.15) is 10.4 Å². The first-order valence-corrected chi connectivity index (χ1v) is 11.6. The van der Waals surface area contributed by atoms with Gasteiger partial charge in [0.25, 0.3) is 15.9 Å². The molecule has 2 heterocycles. The van der Waals surface area contributed by atoms with Crippen LogP contribution < -0.4 is 19.9 Å². The van der Waals surface area contributed by atoms with Crippen LogP contribution in [-0.2, 0) is 23.0 Å². The van der Waals surface area contributed by atoms with Gasteiger partial charge in [0, 0.05) is 6.20 Å². The van der Waals surface area contributed by atoms with Gasteiger partial charge in [0.1, 0.15) is 21.8 Å². The number of methoxy groups -OCH3 is 2. The molecule has 3 N–H and O–H groups in total. The van der Waals surface area contributed by atoms with Crippen LogP contribution >= 0.6 is 0 Å². The van der Waals surface area contributed by atoms with Gasteiger partial charge in [0.2, 0.25) is 0 Å². The summed E-state index contributed by atoms with van der Waals surface area (Å²) in [5, 5.41) is 17.4. The first-order valence-electron chi connectivity index (χ1n) is 10.1. The minimum Gasteiger partial charge on any atom is -0.496 e. The van der Waals surface area contributed by atoms with E-state index in [1.165, 1.54) is 37.2 Å². The number of nitrogens with zero attached hydrogens (tertiary/aromatic N) is 4. The molecule has 12 nitrogen and oxygen atoms in total. The number of anilines is 1. The molecule has 0 spiro atoms. The van der Waals surface area contributed by atoms with E-state index in [2.05, 4.69) is 15.0 Å². The number of nitrogens with two attached hydrogens (primary N) is 1. The summed E-state index contributed by atoms with van der Waals surface area (Å²) >= 11 is 0. The molecule has 0 aliphatic heterocycles. The van der Waals surface area contributed by atoms with E-state index in [9.17, 15) is 13.2 Å². The molecule has 2 aromatic heterocycles. The summed E-state index contributed by atoms with van der Waals surface area (Å²) < 4.78 is 45.9. The molecule has 4 aromatic rings. The number of fused-ring (bicyclic) bond motifs is 1. The lowest BCUT2D eigenvalue weighted by molar-refractivity contribution is 0.0999. The third-order valence-corrected chi connectivity index (χ3v) is 6.48. The molecule has 0 aliphatic rings. The monoisotopic (exact) mass is 496 g/mol. The van der Waals surface area contributed by atoms with Crippen LogP contribution in [0.3, 0.4) is 0 Å². The number of primary amides is 1. The van der Waals surface area contributed by atoms with Gasteiger partial charge < -0.3 is 19.7 Å². The predicted octanol–water partition coefficient (Wildman–Crippen LogP) is 2.06. The van der Waals surface area contributed by atoms with Crippen molar-refractivity contribution in [3.63, 3.8) is 0 Å². The summed E-state index contributed by atoms with van der Waals surface area (Å²) in [5.74, 6) is -0.263. The average molecular weight is 497 g/mol. The van der Waals surface area contributed by atoms with Gasteiger partial charge in [-0.25, -0.2) is 8.42 Å². The number of hydrogen-bond acceptors (Lipinski definition) is 9. The highest BCUT2D eigenvalue weighted by atomic mass is 32.2. The summed E-state index contributed by atoms with van der Waals surface area (Å²) in [4.78, 5) is 11.6. The zero-order valence-electron chi connectivity index (χ0n) is 18.7. The second-order valence-corrected chi connectivity index (χ2v) is 9.00. The molecular weight excluding hydrogens is 476 g/mol. The SMILES string of the molecule is COc1ccccc1S(=O)(=O)Nc1noc2cc(Cn3cc(C(N)=O)c(CC#N)n3)cc(OC)c12. The van der Waals surface area contributed by atoms with E-state index in [1.807, 2.05) is 6.07 Å². The van der Waals surface area contributed by atoms with Crippen molar-refractivity contribution in [2.45, 2.75) is 17.9 Å². The van der Waals surface area contributed by atoms with Crippen LogP contribution in [0, 0.1) is 11.3 Å². The first-order chi connectivity index (χ1) is 16.8. The third-order valence-electron chi connectivity index (χ3n) is 5.10. The van der Waals surface area contributed by atoms with Crippen molar-refractivity contribution < 1.29 is 27.2 Å². The highest BCUT2D eigenvalue weighted by Gasteiger charge is 2.24. The molecule has 0 fully saturated rings. The normalized spacial score (nSPS) is 11.2. The van der Waals surface area contributed by atoms with Crippen LogP contribution in [0.25, 0.3) is 11.0 Å². The molecular formula is C22H20N6O6S. The van der Waals surface area contributed by atoms with Crippen LogP contribution in [0.2, 0.25) is 0 Å². The molecule has 4 rings (SSSR count). The Hall–Kier alpha value is -4.57. The largest absolute Gasteiger partial charge is 0.496 e. The number of amides is 1. The number of rotatable bonds is 9. The Kier molecular flexibility index (Phi) is 6.30. The molecule has 0 unspecified atom stereocenters. The van der Waals surface area contributed by atoms with Crippen LogP contribution in [0.5, 0.6) is 11.5 Å². The van der Waals surface area contributed by atoms with Gasteiger partial charge in [-0.3, -0.25) is 14.2 Å². The van der Waals surface area contributed by atoms with E-state index >= 15 is 0 Å². The highest BCUT2D eigenvalue weighted by Crippen LogP contribution is 2.35. The molecule has 0 bridgehead atoms. The Balaban J connectivity index is 1.69. The molecule has 13 heteroatoms. The van der Waals surface area contributed by atoms with Crippen molar-refractivity contribution in [2.24, 2.45) is 5.73 Å². The number of benzene rings is 2. The fourth-order valence-corrected chi connectivity index (χ4v) is 4.75. The number of carbonyl (C=O) groups excluding carboxylic acids is 1. The molecule has 2 aromatic carbocycles. The van der Waals surface area contributed by atoms with E-state index < -0.39 is 15.9 Å². The lowest BCUT2D eigenvalue weighted by Crippen LogP contribution is -2.14. The minimum atomic E-state index is -4.05. The summed E-state index contributed by atoms with van der Waals surface area (Å²) in [6.45, 7) is 0.195. The summed E-state index contributed by atoms with van der Waals surface area (Å²) in [6, 6.07) is 11.4. The van der Waals surface area contributed by atoms with Gasteiger partial charge in [0.15, 0.2) is 11.4 Å². The molecule has 180 valence electrons. The van der Waals surface area contributed by atoms with Crippen molar-refractivity contribution in [3.05, 3.63) is 59.4 Å². The second kappa shape index (κ2) is 9.35. The Morgan fingerprint density at radius 3 is 2.66 bits per heavy atom. The van der Waals surface area contributed by atoms with E-state index in [0.29, 0.717) is 16.7 Å². The quantitative estimate of drug-likeness (QED) is 0.351. The number of ether oxygens (including phenoxy) is 2. The Bertz CT molecular complexity index is 1570. The minimum absolute atomic E-state index is 0.0549. The van der Waals surface area contributed by atoms with Crippen LogP contribution in [0.4, 0.5) is 5.82 Å². The molecule has 0 atom stereocenters. The lowest BCUT2D eigenvalue weighted by Gasteiger charge is -2.11. The van der Waals surface area contributed by atoms with Crippen LogP contribution in [-0.4, -0.2) is 43.5 Å². The number of aromatic nitrogens is 3. The number of para-hydroxylation sites is 1. The van der Waals surface area contributed by atoms with Gasteiger partial charge in [0.05, 0.1) is 44.5 Å². The fraction of sp³-hybridized carbons (Fsp3) is 0.182. The van der Waals surface area contributed by atoms with E-state index in [-0.39, 0.29) is 46.3 Å². The summed E-state index contributed by atoms with van der Waals surface area (Å²) in [7, 11) is -1.25. The fourth-order valence-electron chi connectivity index (χ4n) is 3.58. The van der Waals surface area contributed by atoms with Gasteiger partial charge in [-0.05, 0) is 29.8 Å². The van der Waals surface area contributed by atoms with Crippen molar-refractivity contribution in [1.29, 1.82) is 5.26 Å². The molecule has 0 radical (unpaired) electrons. The van der Waals surface area contributed by atoms with Crippen molar-refractivity contribution in [1.82, 2.24) is 14.9 Å². The maximum absolute atomic E-state index is 13.0. The highest BCUT2D eigenvalue weighted by molar-refractivity contribution is 7.92. The van der Waals surface area contributed by atoms with Crippen molar-refractivity contribution in [2.75, 3.05) is 18.9 Å². The first kappa shape index (κ1) is 23.6. The zero-order valence-corrected chi connectivity index (χ0v) is 19.5.